The molecule has 17 heavy (non-hydrogen) atoms. The van der Waals surface area contributed by atoms with Crippen molar-refractivity contribution in [2.24, 2.45) is 0 Å². The second-order valence-corrected chi connectivity index (χ2v) is 5.90. The van der Waals surface area contributed by atoms with Crippen molar-refractivity contribution in [3.63, 3.8) is 0 Å². The van der Waals surface area contributed by atoms with E-state index in [-0.39, 0.29) is 0 Å². The number of benzene rings is 1. The fraction of sp³-hybridized carbons (Fsp3) is 0.538. The molecule has 0 heterocycles. The highest BCUT2D eigenvalue weighted by Crippen LogP contribution is 2.42. The van der Waals surface area contributed by atoms with Gasteiger partial charge >= 0.3 is 0 Å². The minimum Gasteiger partial charge on any atom is -0.311 e. The molecule has 1 aromatic carbocycles. The van der Waals surface area contributed by atoms with Gasteiger partial charge in [0.2, 0.25) is 0 Å². The predicted octanol–water partition coefficient (Wildman–Crippen LogP) is 3.34. The fourth-order valence-corrected chi connectivity index (χ4v) is 3.12. The Labute approximate surface area is 105 Å². The summed E-state index contributed by atoms with van der Waals surface area (Å²) in [4.78, 5) is 0. The maximum Gasteiger partial charge on any atom is 0.126 e. The molecule has 1 fully saturated rings. The van der Waals surface area contributed by atoms with E-state index in [1.54, 1.807) is 0 Å². The number of rotatable bonds is 5. The molecule has 1 aromatic rings. The number of hydrogen-bond donors (Lipinski definition) is 1. The zero-order valence-corrected chi connectivity index (χ0v) is 10.7. The molecule has 0 unspecified atom stereocenters. The summed E-state index contributed by atoms with van der Waals surface area (Å²) in [6.07, 6.45) is 5.89. The lowest BCUT2D eigenvalue weighted by Gasteiger charge is -2.40. The third kappa shape index (κ3) is 3.19. The van der Waals surface area contributed by atoms with Crippen LogP contribution in [0, 0.1) is 11.6 Å². The van der Waals surface area contributed by atoms with Crippen LogP contribution in [0.1, 0.15) is 24.8 Å². The van der Waals surface area contributed by atoms with Gasteiger partial charge in [0.05, 0.1) is 0 Å². The topological polar surface area (TPSA) is 12.0 Å². The van der Waals surface area contributed by atoms with Crippen molar-refractivity contribution in [1.29, 1.82) is 0 Å². The van der Waals surface area contributed by atoms with Crippen molar-refractivity contribution in [1.82, 2.24) is 5.32 Å². The molecule has 0 atom stereocenters. The van der Waals surface area contributed by atoms with Gasteiger partial charge in [0, 0.05) is 23.9 Å². The van der Waals surface area contributed by atoms with Gasteiger partial charge in [-0.05, 0) is 36.8 Å². The van der Waals surface area contributed by atoms with Crippen LogP contribution in [-0.4, -0.2) is 17.5 Å². The van der Waals surface area contributed by atoms with E-state index in [1.165, 1.54) is 31.4 Å². The molecular weight excluding hydrogens is 240 g/mol. The molecule has 4 heteroatoms. The fourth-order valence-electron chi connectivity index (χ4n) is 2.17. The second kappa shape index (κ2) is 5.36. The van der Waals surface area contributed by atoms with E-state index >= 15 is 0 Å². The molecule has 0 spiro atoms. The standard InChI is InChI=1S/C13H17F2NS/c1-17-13(3-2-4-13)9-16-8-10-5-11(14)7-12(15)6-10/h5-7,16H,2-4,8-9H2,1H3. The summed E-state index contributed by atoms with van der Waals surface area (Å²) in [6.45, 7) is 1.43. The average Bonchev–Trinajstić information content (AvgIpc) is 2.20. The molecule has 1 aliphatic carbocycles. The van der Waals surface area contributed by atoms with Crippen LogP contribution in [0.15, 0.2) is 18.2 Å². The van der Waals surface area contributed by atoms with Gasteiger partial charge in [-0.1, -0.05) is 6.42 Å². The van der Waals surface area contributed by atoms with Crippen molar-refractivity contribution >= 4 is 11.8 Å². The summed E-state index contributed by atoms with van der Waals surface area (Å²) in [7, 11) is 0. The van der Waals surface area contributed by atoms with Crippen molar-refractivity contribution in [2.45, 2.75) is 30.6 Å². The van der Waals surface area contributed by atoms with Crippen LogP contribution < -0.4 is 5.32 Å². The molecule has 1 saturated carbocycles. The lowest BCUT2D eigenvalue weighted by molar-refractivity contribution is 0.345. The van der Waals surface area contributed by atoms with Crippen LogP contribution in [0.4, 0.5) is 8.78 Å². The SMILES string of the molecule is CSC1(CNCc2cc(F)cc(F)c2)CCC1. The Morgan fingerprint density at radius 2 is 1.88 bits per heavy atom. The molecule has 1 aliphatic rings. The highest BCUT2D eigenvalue weighted by molar-refractivity contribution is 8.00. The summed E-state index contributed by atoms with van der Waals surface area (Å²) >= 11 is 1.89. The summed E-state index contributed by atoms with van der Waals surface area (Å²) in [5.41, 5.74) is 0.665. The third-order valence-corrected chi connectivity index (χ3v) is 4.82. The first-order valence-corrected chi connectivity index (χ1v) is 7.07. The van der Waals surface area contributed by atoms with Crippen LogP contribution in [0.2, 0.25) is 0 Å². The molecular formula is C13H17F2NS. The quantitative estimate of drug-likeness (QED) is 0.868. The van der Waals surface area contributed by atoms with Crippen LogP contribution >= 0.6 is 11.8 Å². The zero-order chi connectivity index (χ0) is 12.3. The van der Waals surface area contributed by atoms with Crippen LogP contribution in [-0.2, 0) is 6.54 Å². The molecule has 2 rings (SSSR count). The first-order valence-electron chi connectivity index (χ1n) is 5.84. The van der Waals surface area contributed by atoms with E-state index in [1.807, 2.05) is 11.8 Å². The Morgan fingerprint density at radius 3 is 2.35 bits per heavy atom. The van der Waals surface area contributed by atoms with Gasteiger partial charge in [-0.2, -0.15) is 11.8 Å². The van der Waals surface area contributed by atoms with E-state index < -0.39 is 11.6 Å². The van der Waals surface area contributed by atoms with E-state index in [9.17, 15) is 8.78 Å². The van der Waals surface area contributed by atoms with Crippen LogP contribution in [0.3, 0.4) is 0 Å². The number of hydrogen-bond acceptors (Lipinski definition) is 2. The molecule has 94 valence electrons. The molecule has 0 bridgehead atoms. The molecule has 0 amide bonds. The average molecular weight is 257 g/mol. The maximum absolute atomic E-state index is 13.0. The normalized spacial score (nSPS) is 17.8. The Hall–Kier alpha value is -0.610. The first kappa shape index (κ1) is 12.8. The van der Waals surface area contributed by atoms with Gasteiger partial charge in [-0.25, -0.2) is 8.78 Å². The predicted molar refractivity (Wildman–Crippen MR) is 68.2 cm³/mol. The van der Waals surface area contributed by atoms with E-state index in [0.29, 0.717) is 16.9 Å². The zero-order valence-electron chi connectivity index (χ0n) is 9.93. The summed E-state index contributed by atoms with van der Waals surface area (Å²) < 4.78 is 26.3. The van der Waals surface area contributed by atoms with Gasteiger partial charge in [0.1, 0.15) is 11.6 Å². The summed E-state index contributed by atoms with van der Waals surface area (Å²) in [5.74, 6) is -1.02. The van der Waals surface area contributed by atoms with Gasteiger partial charge < -0.3 is 5.32 Å². The summed E-state index contributed by atoms with van der Waals surface area (Å²) in [5, 5.41) is 3.30. The molecule has 0 radical (unpaired) electrons. The van der Waals surface area contributed by atoms with Crippen molar-refractivity contribution in [3.05, 3.63) is 35.4 Å². The van der Waals surface area contributed by atoms with Crippen LogP contribution in [0.25, 0.3) is 0 Å². The van der Waals surface area contributed by atoms with Crippen molar-refractivity contribution in [3.8, 4) is 0 Å². The minimum absolute atomic E-state index is 0.353. The maximum atomic E-state index is 13.0. The monoisotopic (exact) mass is 257 g/mol. The van der Waals surface area contributed by atoms with E-state index in [2.05, 4.69) is 11.6 Å². The second-order valence-electron chi connectivity index (χ2n) is 4.62. The Bertz CT molecular complexity index is 365. The Balaban J connectivity index is 1.85. The first-order chi connectivity index (χ1) is 8.13. The van der Waals surface area contributed by atoms with Crippen molar-refractivity contribution in [2.75, 3.05) is 12.8 Å². The van der Waals surface area contributed by atoms with Crippen molar-refractivity contribution < 1.29 is 8.78 Å². The van der Waals surface area contributed by atoms with E-state index in [4.69, 9.17) is 0 Å². The minimum atomic E-state index is -0.509. The smallest absolute Gasteiger partial charge is 0.126 e. The Kier molecular flexibility index (Phi) is 4.05. The highest BCUT2D eigenvalue weighted by atomic mass is 32.2. The van der Waals surface area contributed by atoms with E-state index in [0.717, 1.165) is 12.6 Å². The molecule has 0 aliphatic heterocycles. The number of thioether (sulfide) groups is 1. The highest BCUT2D eigenvalue weighted by Gasteiger charge is 2.35. The molecule has 1 N–H and O–H groups in total. The number of halogens is 2. The largest absolute Gasteiger partial charge is 0.311 e. The molecule has 0 aromatic heterocycles. The van der Waals surface area contributed by atoms with Gasteiger partial charge in [0.15, 0.2) is 0 Å². The summed E-state index contributed by atoms with van der Waals surface area (Å²) in [6, 6.07) is 3.66. The van der Waals surface area contributed by atoms with Gasteiger partial charge in [-0.3, -0.25) is 0 Å². The molecule has 0 saturated heterocycles. The lowest BCUT2D eigenvalue weighted by Crippen LogP contribution is -2.43. The Morgan fingerprint density at radius 1 is 1.24 bits per heavy atom. The third-order valence-electron chi connectivity index (χ3n) is 3.40. The van der Waals surface area contributed by atoms with Gasteiger partial charge in [0.25, 0.3) is 0 Å². The number of nitrogens with one attached hydrogen (secondary N) is 1. The lowest BCUT2D eigenvalue weighted by atomic mass is 9.84. The molecule has 1 nitrogen and oxygen atoms in total. The van der Waals surface area contributed by atoms with Gasteiger partial charge in [-0.15, -0.1) is 0 Å². The van der Waals surface area contributed by atoms with Crippen LogP contribution in [0.5, 0.6) is 0 Å².